The lowest BCUT2D eigenvalue weighted by atomic mass is 9.55. The standard InChI is InChI=1S/C20H36/c1-4-15-9-6-7-11-18(15)20-17(5-2)14(3)13-16-10-8-12-19(16)20/h14-20H,4-13H2,1-3H3. The smallest absolute Gasteiger partial charge is 0.0321 e. The predicted molar refractivity (Wildman–Crippen MR) is 87.6 cm³/mol. The van der Waals surface area contributed by atoms with Crippen molar-refractivity contribution in [1.82, 2.24) is 0 Å². The van der Waals surface area contributed by atoms with Gasteiger partial charge >= 0.3 is 0 Å². The van der Waals surface area contributed by atoms with Crippen LogP contribution in [0.25, 0.3) is 0 Å². The van der Waals surface area contributed by atoms with E-state index in [1.807, 2.05) is 0 Å². The van der Waals surface area contributed by atoms with Crippen molar-refractivity contribution in [2.24, 2.45) is 41.4 Å². The molecule has 3 aliphatic carbocycles. The first-order valence-electron chi connectivity index (χ1n) is 9.76. The molecule has 0 saturated heterocycles. The Morgan fingerprint density at radius 2 is 1.55 bits per heavy atom. The van der Waals surface area contributed by atoms with Gasteiger partial charge in [-0.1, -0.05) is 65.7 Å². The Bertz CT molecular complexity index is 305. The minimum atomic E-state index is 1.00. The molecule has 0 spiro atoms. The molecule has 0 aromatic rings. The molecule has 3 aliphatic rings. The molecular weight excluding hydrogens is 240 g/mol. The van der Waals surface area contributed by atoms with Gasteiger partial charge in [-0.05, 0) is 60.7 Å². The van der Waals surface area contributed by atoms with Crippen LogP contribution in [0.15, 0.2) is 0 Å². The van der Waals surface area contributed by atoms with E-state index < -0.39 is 0 Å². The molecule has 116 valence electrons. The zero-order chi connectivity index (χ0) is 14.1. The van der Waals surface area contributed by atoms with Crippen LogP contribution < -0.4 is 0 Å². The van der Waals surface area contributed by atoms with Crippen LogP contribution in [0.1, 0.15) is 85.0 Å². The van der Waals surface area contributed by atoms with Crippen molar-refractivity contribution in [3.8, 4) is 0 Å². The summed E-state index contributed by atoms with van der Waals surface area (Å²) in [4.78, 5) is 0. The van der Waals surface area contributed by atoms with Crippen LogP contribution in [0, 0.1) is 41.4 Å². The van der Waals surface area contributed by atoms with Crippen molar-refractivity contribution < 1.29 is 0 Å². The van der Waals surface area contributed by atoms with Crippen LogP contribution in [-0.4, -0.2) is 0 Å². The maximum atomic E-state index is 2.58. The number of fused-ring (bicyclic) bond motifs is 1. The molecule has 0 amide bonds. The SMILES string of the molecule is CCC1CCCCC1C1C(CC)C(C)CC2CCCC21. The summed E-state index contributed by atoms with van der Waals surface area (Å²) in [5.41, 5.74) is 0. The lowest BCUT2D eigenvalue weighted by Gasteiger charge is -2.51. The van der Waals surface area contributed by atoms with E-state index in [0.717, 1.165) is 41.4 Å². The van der Waals surface area contributed by atoms with Crippen LogP contribution in [0.4, 0.5) is 0 Å². The van der Waals surface area contributed by atoms with Gasteiger partial charge in [-0.3, -0.25) is 0 Å². The molecule has 3 saturated carbocycles. The van der Waals surface area contributed by atoms with Crippen molar-refractivity contribution in [2.45, 2.75) is 85.0 Å². The van der Waals surface area contributed by atoms with E-state index in [-0.39, 0.29) is 0 Å². The maximum absolute atomic E-state index is 2.58. The van der Waals surface area contributed by atoms with Crippen LogP contribution in [0.3, 0.4) is 0 Å². The fourth-order valence-electron chi connectivity index (χ4n) is 6.77. The fourth-order valence-corrected chi connectivity index (χ4v) is 6.77. The summed E-state index contributed by atoms with van der Waals surface area (Å²) in [6.45, 7) is 7.52. The van der Waals surface area contributed by atoms with Crippen LogP contribution in [-0.2, 0) is 0 Å². The van der Waals surface area contributed by atoms with Gasteiger partial charge in [0.05, 0.1) is 0 Å². The van der Waals surface area contributed by atoms with Gasteiger partial charge < -0.3 is 0 Å². The highest BCUT2D eigenvalue weighted by Gasteiger charge is 2.48. The Morgan fingerprint density at radius 1 is 0.800 bits per heavy atom. The van der Waals surface area contributed by atoms with E-state index in [1.54, 1.807) is 38.5 Å². The molecule has 0 aromatic carbocycles. The molecule has 20 heavy (non-hydrogen) atoms. The van der Waals surface area contributed by atoms with E-state index in [0.29, 0.717) is 0 Å². The van der Waals surface area contributed by atoms with E-state index in [9.17, 15) is 0 Å². The number of rotatable bonds is 3. The highest BCUT2D eigenvalue weighted by Crippen LogP contribution is 2.56. The normalized spacial score (nSPS) is 49.0. The zero-order valence-electron chi connectivity index (χ0n) is 14.1. The van der Waals surface area contributed by atoms with Crippen LogP contribution in [0.2, 0.25) is 0 Å². The average Bonchev–Trinajstić information content (AvgIpc) is 2.93. The average molecular weight is 277 g/mol. The Balaban J connectivity index is 1.85. The Labute approximate surface area is 127 Å². The summed E-state index contributed by atoms with van der Waals surface area (Å²) in [5.74, 6) is 7.53. The number of hydrogen-bond acceptors (Lipinski definition) is 0. The molecule has 3 rings (SSSR count). The van der Waals surface area contributed by atoms with E-state index in [1.165, 1.54) is 25.7 Å². The quantitative estimate of drug-likeness (QED) is 0.567. The second-order valence-corrected chi connectivity index (χ2v) is 8.33. The highest BCUT2D eigenvalue weighted by atomic mass is 14.5. The minimum absolute atomic E-state index is 1.00. The predicted octanol–water partition coefficient (Wildman–Crippen LogP) is 6.30. The molecule has 0 nitrogen and oxygen atoms in total. The fraction of sp³-hybridized carbons (Fsp3) is 1.00. The second kappa shape index (κ2) is 6.41. The third-order valence-corrected chi connectivity index (χ3v) is 7.57. The molecule has 3 fully saturated rings. The molecule has 0 aromatic heterocycles. The molecular formula is C20H36. The van der Waals surface area contributed by atoms with Gasteiger partial charge in [-0.25, -0.2) is 0 Å². The van der Waals surface area contributed by atoms with Gasteiger partial charge in [-0.15, -0.1) is 0 Å². The molecule has 0 heteroatoms. The molecule has 0 radical (unpaired) electrons. The molecule has 7 unspecified atom stereocenters. The lowest BCUT2D eigenvalue weighted by molar-refractivity contribution is -0.0169. The second-order valence-electron chi connectivity index (χ2n) is 8.33. The molecule has 0 heterocycles. The Kier molecular flexibility index (Phi) is 4.78. The van der Waals surface area contributed by atoms with E-state index >= 15 is 0 Å². The Morgan fingerprint density at radius 3 is 2.30 bits per heavy atom. The van der Waals surface area contributed by atoms with Gasteiger partial charge in [0, 0.05) is 0 Å². The largest absolute Gasteiger partial charge is 0.0651 e. The third-order valence-electron chi connectivity index (χ3n) is 7.57. The van der Waals surface area contributed by atoms with E-state index in [4.69, 9.17) is 0 Å². The summed E-state index contributed by atoms with van der Waals surface area (Å²) in [5, 5.41) is 0. The van der Waals surface area contributed by atoms with Crippen molar-refractivity contribution in [3.05, 3.63) is 0 Å². The highest BCUT2D eigenvalue weighted by molar-refractivity contribution is 4.97. The van der Waals surface area contributed by atoms with Crippen molar-refractivity contribution in [2.75, 3.05) is 0 Å². The first kappa shape index (κ1) is 14.9. The maximum Gasteiger partial charge on any atom is -0.0321 e. The number of hydrogen-bond donors (Lipinski definition) is 0. The van der Waals surface area contributed by atoms with Gasteiger partial charge in [0.15, 0.2) is 0 Å². The topological polar surface area (TPSA) is 0 Å². The summed E-state index contributed by atoms with van der Waals surface area (Å²) < 4.78 is 0. The first-order chi connectivity index (χ1) is 9.76. The summed E-state index contributed by atoms with van der Waals surface area (Å²) >= 11 is 0. The molecule has 0 aliphatic heterocycles. The molecule has 0 bridgehead atoms. The van der Waals surface area contributed by atoms with Crippen LogP contribution in [0.5, 0.6) is 0 Å². The van der Waals surface area contributed by atoms with Gasteiger partial charge in [0.1, 0.15) is 0 Å². The molecule has 0 N–H and O–H groups in total. The van der Waals surface area contributed by atoms with Crippen molar-refractivity contribution in [3.63, 3.8) is 0 Å². The van der Waals surface area contributed by atoms with Gasteiger partial charge in [0.25, 0.3) is 0 Å². The monoisotopic (exact) mass is 276 g/mol. The zero-order valence-corrected chi connectivity index (χ0v) is 14.1. The van der Waals surface area contributed by atoms with Crippen LogP contribution >= 0.6 is 0 Å². The summed E-state index contributed by atoms with van der Waals surface area (Å²) in [7, 11) is 0. The first-order valence-corrected chi connectivity index (χ1v) is 9.76. The minimum Gasteiger partial charge on any atom is -0.0651 e. The van der Waals surface area contributed by atoms with Gasteiger partial charge in [0.2, 0.25) is 0 Å². The van der Waals surface area contributed by atoms with E-state index in [2.05, 4.69) is 20.8 Å². The summed E-state index contributed by atoms with van der Waals surface area (Å²) in [6.07, 6.45) is 15.3. The third kappa shape index (κ3) is 2.57. The lowest BCUT2D eigenvalue weighted by Crippen LogP contribution is -2.43. The summed E-state index contributed by atoms with van der Waals surface area (Å²) in [6, 6.07) is 0. The van der Waals surface area contributed by atoms with Crippen molar-refractivity contribution in [1.29, 1.82) is 0 Å². The Hall–Kier alpha value is 0. The molecule has 7 atom stereocenters. The van der Waals surface area contributed by atoms with Crippen molar-refractivity contribution >= 4 is 0 Å². The van der Waals surface area contributed by atoms with Gasteiger partial charge in [-0.2, -0.15) is 0 Å².